The lowest BCUT2D eigenvalue weighted by Crippen LogP contribution is -2.17. The van der Waals surface area contributed by atoms with Gasteiger partial charge in [0.05, 0.1) is 4.91 Å². The van der Waals surface area contributed by atoms with Gasteiger partial charge in [-0.3, -0.25) is 4.79 Å². The molecule has 1 saturated heterocycles. The molecule has 1 fully saturated rings. The molecule has 4 nitrogen and oxygen atoms in total. The molecule has 6 heteroatoms. The van der Waals surface area contributed by atoms with Crippen LogP contribution in [0.2, 0.25) is 0 Å². The van der Waals surface area contributed by atoms with E-state index in [0.717, 1.165) is 5.88 Å². The Balaban J connectivity index is 2.22. The maximum absolute atomic E-state index is 11.4. The van der Waals surface area contributed by atoms with Crippen LogP contribution < -0.4 is 10.2 Å². The Labute approximate surface area is 103 Å². The molecule has 84 valence electrons. The number of thioether (sulfide) groups is 1. The molecule has 1 aliphatic rings. The first-order valence-corrected chi connectivity index (χ1v) is 5.81. The van der Waals surface area contributed by atoms with Crippen LogP contribution in [0.15, 0.2) is 21.5 Å². The number of hydrogen-bond acceptors (Lipinski definition) is 5. The normalized spacial score (nSPS) is 18.0. The fourth-order valence-electron chi connectivity index (χ4n) is 1.21. The highest BCUT2D eigenvalue weighted by Crippen LogP contribution is 2.27. The van der Waals surface area contributed by atoms with E-state index in [-0.39, 0.29) is 5.91 Å². The van der Waals surface area contributed by atoms with Crippen LogP contribution in [0.3, 0.4) is 0 Å². The van der Waals surface area contributed by atoms with E-state index in [4.69, 9.17) is 16.6 Å². The maximum Gasteiger partial charge on any atom is 0.263 e. The molecule has 0 spiro atoms. The number of rotatable bonds is 2. The van der Waals surface area contributed by atoms with Gasteiger partial charge >= 0.3 is 0 Å². The zero-order valence-corrected chi connectivity index (χ0v) is 10.4. The van der Waals surface area contributed by atoms with E-state index in [0.29, 0.717) is 15.0 Å². The van der Waals surface area contributed by atoms with Crippen LogP contribution in [0.5, 0.6) is 0 Å². The second-order valence-electron chi connectivity index (χ2n) is 3.42. The number of thiocarbonyl (C=S) groups is 1. The van der Waals surface area contributed by atoms with Crippen molar-refractivity contribution in [2.45, 2.75) is 0 Å². The molecule has 0 atom stereocenters. The Kier molecular flexibility index (Phi) is 3.02. The van der Waals surface area contributed by atoms with Crippen molar-refractivity contribution < 1.29 is 9.21 Å². The van der Waals surface area contributed by atoms with Gasteiger partial charge in [0.2, 0.25) is 0 Å². The third-order valence-electron chi connectivity index (χ3n) is 1.97. The van der Waals surface area contributed by atoms with Crippen molar-refractivity contribution in [2.24, 2.45) is 0 Å². The van der Waals surface area contributed by atoms with Gasteiger partial charge in [0, 0.05) is 26.2 Å². The number of nitrogens with zero attached hydrogens (tertiary/aromatic N) is 1. The standard InChI is InChI=1S/C10H10N2O2S2/c1-12(2)8-4-3-6(14-8)5-7-9(13)11-10(15)16-7/h3-5H,1-2H3,(H,11,13,15). The summed E-state index contributed by atoms with van der Waals surface area (Å²) in [5.74, 6) is 1.22. The molecule has 1 N–H and O–H groups in total. The number of furan rings is 1. The first-order chi connectivity index (χ1) is 7.56. The van der Waals surface area contributed by atoms with Gasteiger partial charge in [0.25, 0.3) is 5.91 Å². The van der Waals surface area contributed by atoms with Crippen molar-refractivity contribution in [2.75, 3.05) is 19.0 Å². The fraction of sp³-hybridized carbons (Fsp3) is 0.200. The van der Waals surface area contributed by atoms with Crippen LogP contribution in [0, 0.1) is 0 Å². The summed E-state index contributed by atoms with van der Waals surface area (Å²) in [5.41, 5.74) is 0. The van der Waals surface area contributed by atoms with E-state index in [1.165, 1.54) is 11.8 Å². The molecule has 0 aliphatic carbocycles. The SMILES string of the molecule is CN(C)c1ccc(C=C2SC(=S)NC2=O)o1. The summed E-state index contributed by atoms with van der Waals surface area (Å²) in [5, 5.41) is 2.55. The molecular formula is C10H10N2O2S2. The average Bonchev–Trinajstić information content (AvgIpc) is 2.75. The highest BCUT2D eigenvalue weighted by molar-refractivity contribution is 8.26. The van der Waals surface area contributed by atoms with E-state index in [9.17, 15) is 4.79 Å². The largest absolute Gasteiger partial charge is 0.441 e. The van der Waals surface area contributed by atoms with Crippen molar-refractivity contribution >= 4 is 46.2 Å². The monoisotopic (exact) mass is 254 g/mol. The summed E-state index contributed by atoms with van der Waals surface area (Å²) in [6.07, 6.45) is 1.69. The molecule has 1 aliphatic heterocycles. The zero-order valence-electron chi connectivity index (χ0n) is 8.81. The molecule has 0 saturated carbocycles. The highest BCUT2D eigenvalue weighted by atomic mass is 32.2. The maximum atomic E-state index is 11.4. The lowest BCUT2D eigenvalue weighted by molar-refractivity contribution is -0.115. The Bertz CT molecular complexity index is 477. The average molecular weight is 254 g/mol. The van der Waals surface area contributed by atoms with Gasteiger partial charge in [0.1, 0.15) is 10.1 Å². The predicted molar refractivity (Wildman–Crippen MR) is 69.3 cm³/mol. The van der Waals surface area contributed by atoms with E-state index in [1.807, 2.05) is 31.1 Å². The minimum atomic E-state index is -0.169. The third kappa shape index (κ3) is 2.28. The summed E-state index contributed by atoms with van der Waals surface area (Å²) in [6, 6.07) is 3.67. The summed E-state index contributed by atoms with van der Waals surface area (Å²) < 4.78 is 5.99. The quantitative estimate of drug-likeness (QED) is 0.644. The summed E-state index contributed by atoms with van der Waals surface area (Å²) in [4.78, 5) is 13.8. The van der Waals surface area contributed by atoms with Crippen LogP contribution in [-0.2, 0) is 4.79 Å². The Morgan fingerprint density at radius 1 is 1.50 bits per heavy atom. The molecule has 0 bridgehead atoms. The second kappa shape index (κ2) is 4.31. The van der Waals surface area contributed by atoms with Gasteiger partial charge in [-0.25, -0.2) is 0 Å². The van der Waals surface area contributed by atoms with Gasteiger partial charge in [-0.15, -0.1) is 0 Å². The van der Waals surface area contributed by atoms with Crippen LogP contribution in [0.1, 0.15) is 5.76 Å². The topological polar surface area (TPSA) is 45.5 Å². The molecule has 1 aromatic rings. The molecule has 0 aromatic carbocycles. The Morgan fingerprint density at radius 3 is 2.75 bits per heavy atom. The zero-order chi connectivity index (χ0) is 11.7. The van der Waals surface area contributed by atoms with E-state index in [1.54, 1.807) is 6.08 Å². The second-order valence-corrected chi connectivity index (χ2v) is 5.14. The van der Waals surface area contributed by atoms with Crippen molar-refractivity contribution in [3.05, 3.63) is 22.8 Å². The van der Waals surface area contributed by atoms with Gasteiger partial charge in [-0.1, -0.05) is 24.0 Å². The summed E-state index contributed by atoms with van der Waals surface area (Å²) in [7, 11) is 3.78. The third-order valence-corrected chi connectivity index (χ3v) is 3.13. The molecule has 1 aromatic heterocycles. The van der Waals surface area contributed by atoms with E-state index < -0.39 is 0 Å². The summed E-state index contributed by atoms with van der Waals surface area (Å²) >= 11 is 6.13. The first-order valence-electron chi connectivity index (χ1n) is 4.58. The molecule has 0 radical (unpaired) electrons. The molecule has 1 amide bonds. The minimum Gasteiger partial charge on any atom is -0.441 e. The molecule has 16 heavy (non-hydrogen) atoms. The number of amides is 1. The van der Waals surface area contributed by atoms with Gasteiger partial charge in [-0.2, -0.15) is 0 Å². The summed E-state index contributed by atoms with van der Waals surface area (Å²) in [6.45, 7) is 0. The first kappa shape index (κ1) is 11.2. The molecule has 0 unspecified atom stereocenters. The Morgan fingerprint density at radius 2 is 2.25 bits per heavy atom. The number of nitrogens with one attached hydrogen (secondary N) is 1. The smallest absolute Gasteiger partial charge is 0.263 e. The Hall–Kier alpha value is -1.27. The van der Waals surface area contributed by atoms with Crippen LogP contribution in [-0.4, -0.2) is 24.3 Å². The molecular weight excluding hydrogens is 244 g/mol. The van der Waals surface area contributed by atoms with Gasteiger partial charge < -0.3 is 14.6 Å². The van der Waals surface area contributed by atoms with E-state index >= 15 is 0 Å². The number of carbonyl (C=O) groups excluding carboxylic acids is 1. The van der Waals surface area contributed by atoms with Crippen LogP contribution in [0.4, 0.5) is 5.88 Å². The van der Waals surface area contributed by atoms with Crippen molar-refractivity contribution in [1.29, 1.82) is 0 Å². The van der Waals surface area contributed by atoms with E-state index in [2.05, 4.69) is 5.32 Å². The van der Waals surface area contributed by atoms with Crippen LogP contribution >= 0.6 is 24.0 Å². The van der Waals surface area contributed by atoms with Crippen molar-refractivity contribution in [3.63, 3.8) is 0 Å². The number of carbonyl (C=O) groups is 1. The highest BCUT2D eigenvalue weighted by Gasteiger charge is 2.22. The lowest BCUT2D eigenvalue weighted by Gasteiger charge is -2.05. The minimum absolute atomic E-state index is 0.169. The number of anilines is 1. The lowest BCUT2D eigenvalue weighted by atomic mass is 10.4. The number of hydrogen-bond donors (Lipinski definition) is 1. The molecule has 2 heterocycles. The fourth-order valence-corrected chi connectivity index (χ4v) is 2.23. The van der Waals surface area contributed by atoms with Crippen molar-refractivity contribution in [1.82, 2.24) is 5.32 Å². The van der Waals surface area contributed by atoms with Gasteiger partial charge in [0.15, 0.2) is 5.88 Å². The van der Waals surface area contributed by atoms with Crippen LogP contribution in [0.25, 0.3) is 6.08 Å². The van der Waals surface area contributed by atoms with Gasteiger partial charge in [-0.05, 0) is 6.07 Å². The predicted octanol–water partition coefficient (Wildman–Crippen LogP) is 1.83. The van der Waals surface area contributed by atoms with Crippen molar-refractivity contribution in [3.8, 4) is 0 Å². The molecule has 2 rings (SSSR count).